The molecule has 3 rings (SSSR count). The van der Waals surface area contributed by atoms with Gasteiger partial charge < -0.3 is 14.2 Å². The number of aromatic nitrogens is 2. The van der Waals surface area contributed by atoms with Gasteiger partial charge in [0.05, 0.1) is 29.0 Å². The van der Waals surface area contributed by atoms with E-state index in [0.717, 1.165) is 35.8 Å². The molecule has 2 aromatic rings. The van der Waals surface area contributed by atoms with Crippen molar-refractivity contribution in [1.29, 1.82) is 0 Å². The van der Waals surface area contributed by atoms with Crippen LogP contribution >= 0.6 is 11.8 Å². The summed E-state index contributed by atoms with van der Waals surface area (Å²) in [6.45, 7) is 11.0. The molecule has 6 nitrogen and oxygen atoms in total. The van der Waals surface area contributed by atoms with E-state index in [1.54, 1.807) is 19.1 Å². The van der Waals surface area contributed by atoms with E-state index in [-0.39, 0.29) is 11.9 Å². The van der Waals surface area contributed by atoms with Crippen molar-refractivity contribution in [3.8, 4) is 0 Å². The van der Waals surface area contributed by atoms with Crippen molar-refractivity contribution in [3.05, 3.63) is 23.8 Å². The summed E-state index contributed by atoms with van der Waals surface area (Å²) in [7, 11) is 0. The predicted octanol–water partition coefficient (Wildman–Crippen LogP) is 3.83. The Hall–Kier alpha value is -2.02. The third-order valence-electron chi connectivity index (χ3n) is 5.09. The molecule has 7 heteroatoms. The smallest absolute Gasteiger partial charge is 0.338 e. The third-order valence-corrected chi connectivity index (χ3v) is 6.05. The molecule has 1 aliphatic heterocycles. The summed E-state index contributed by atoms with van der Waals surface area (Å²) < 4.78 is 7.16. The van der Waals surface area contributed by atoms with Crippen molar-refractivity contribution in [2.45, 2.75) is 45.8 Å². The molecular weight excluding hydrogens is 374 g/mol. The number of nitrogens with zero attached hydrogens (tertiary/aromatic N) is 3. The molecule has 1 aromatic carbocycles. The third kappa shape index (κ3) is 4.51. The summed E-state index contributed by atoms with van der Waals surface area (Å²) in [5.41, 5.74) is 2.22. The molecular formula is C21H29N3O3S. The van der Waals surface area contributed by atoms with Gasteiger partial charge in [0, 0.05) is 19.6 Å². The molecule has 0 radical (unpaired) electrons. The first-order chi connectivity index (χ1) is 13.4. The number of hydrogen-bond donors (Lipinski definition) is 0. The first kappa shape index (κ1) is 20.7. The Morgan fingerprint density at radius 2 is 1.93 bits per heavy atom. The van der Waals surface area contributed by atoms with E-state index in [1.165, 1.54) is 18.2 Å². The van der Waals surface area contributed by atoms with Gasteiger partial charge in [0.2, 0.25) is 5.91 Å². The van der Waals surface area contributed by atoms with Gasteiger partial charge in [-0.1, -0.05) is 25.6 Å². The maximum atomic E-state index is 12.7. The molecule has 1 fully saturated rings. The van der Waals surface area contributed by atoms with Crippen LogP contribution in [0.2, 0.25) is 0 Å². The highest BCUT2D eigenvalue weighted by molar-refractivity contribution is 7.99. The molecule has 2 atom stereocenters. The molecule has 0 N–H and O–H groups in total. The van der Waals surface area contributed by atoms with Crippen molar-refractivity contribution in [2.75, 3.05) is 25.4 Å². The number of rotatable bonds is 6. The van der Waals surface area contributed by atoms with Crippen molar-refractivity contribution in [2.24, 2.45) is 11.8 Å². The molecule has 152 valence electrons. The Morgan fingerprint density at radius 3 is 2.57 bits per heavy atom. The van der Waals surface area contributed by atoms with Crippen molar-refractivity contribution in [3.63, 3.8) is 0 Å². The maximum absolute atomic E-state index is 12.7. The van der Waals surface area contributed by atoms with E-state index in [0.29, 0.717) is 29.8 Å². The van der Waals surface area contributed by atoms with Gasteiger partial charge in [-0.2, -0.15) is 0 Å². The quantitative estimate of drug-likeness (QED) is 0.542. The van der Waals surface area contributed by atoms with Gasteiger partial charge in [-0.3, -0.25) is 4.79 Å². The van der Waals surface area contributed by atoms with Gasteiger partial charge in [-0.15, -0.1) is 0 Å². The summed E-state index contributed by atoms with van der Waals surface area (Å²) in [5, 5.41) is 0.810. The molecule has 1 aromatic heterocycles. The number of carbonyl (C=O) groups excluding carboxylic acids is 2. The zero-order valence-electron chi connectivity index (χ0n) is 17.1. The van der Waals surface area contributed by atoms with Crippen LogP contribution in [0, 0.1) is 11.8 Å². The van der Waals surface area contributed by atoms with Gasteiger partial charge in [0.1, 0.15) is 0 Å². The van der Waals surface area contributed by atoms with Crippen LogP contribution in [0.3, 0.4) is 0 Å². The van der Waals surface area contributed by atoms with Crippen LogP contribution < -0.4 is 0 Å². The number of piperidine rings is 1. The highest BCUT2D eigenvalue weighted by Gasteiger charge is 2.25. The van der Waals surface area contributed by atoms with Gasteiger partial charge in [-0.25, -0.2) is 9.78 Å². The summed E-state index contributed by atoms with van der Waals surface area (Å²) >= 11 is 1.47. The number of fused-ring (bicyclic) bond motifs is 1. The number of carbonyl (C=O) groups is 2. The lowest BCUT2D eigenvalue weighted by Crippen LogP contribution is -2.43. The van der Waals surface area contributed by atoms with Crippen LogP contribution in [-0.4, -0.2) is 51.8 Å². The second kappa shape index (κ2) is 8.99. The zero-order valence-corrected chi connectivity index (χ0v) is 17.9. The normalized spacial score (nSPS) is 19.8. The number of imidazole rings is 1. The van der Waals surface area contributed by atoms with Gasteiger partial charge in [0.25, 0.3) is 0 Å². The fraction of sp³-hybridized carbons (Fsp3) is 0.571. The average molecular weight is 404 g/mol. The highest BCUT2D eigenvalue weighted by Crippen LogP contribution is 2.27. The van der Waals surface area contributed by atoms with Crippen LogP contribution in [0.5, 0.6) is 0 Å². The van der Waals surface area contributed by atoms with E-state index in [2.05, 4.69) is 30.3 Å². The minimum absolute atomic E-state index is 0.172. The van der Waals surface area contributed by atoms with Gasteiger partial charge in [0.15, 0.2) is 5.16 Å². The monoisotopic (exact) mass is 403 g/mol. The Labute approximate surface area is 170 Å². The maximum Gasteiger partial charge on any atom is 0.338 e. The van der Waals surface area contributed by atoms with E-state index in [9.17, 15) is 9.59 Å². The Bertz CT molecular complexity index is 854. The first-order valence-electron chi connectivity index (χ1n) is 10.0. The Morgan fingerprint density at radius 1 is 1.21 bits per heavy atom. The highest BCUT2D eigenvalue weighted by atomic mass is 32.2. The minimum Gasteiger partial charge on any atom is -0.462 e. The fourth-order valence-electron chi connectivity index (χ4n) is 3.95. The zero-order chi connectivity index (χ0) is 20.3. The lowest BCUT2D eigenvalue weighted by atomic mass is 9.92. The minimum atomic E-state index is -0.340. The molecule has 0 bridgehead atoms. The fourth-order valence-corrected chi connectivity index (χ4v) is 4.93. The van der Waals surface area contributed by atoms with E-state index >= 15 is 0 Å². The first-order valence-corrected chi connectivity index (χ1v) is 11.0. The van der Waals surface area contributed by atoms with Crippen LogP contribution in [0.4, 0.5) is 0 Å². The summed E-state index contributed by atoms with van der Waals surface area (Å²) in [6, 6.07) is 5.43. The number of benzene rings is 1. The Kier molecular flexibility index (Phi) is 6.65. The molecule has 2 heterocycles. The number of aryl methyl sites for hydroxylation is 1. The SMILES string of the molecule is CCOC(=O)c1ccc2c(c1)nc(SCC(=O)N1CC(C)CC(C)C1)n2CC. The number of esters is 1. The van der Waals surface area contributed by atoms with Crippen LogP contribution in [0.15, 0.2) is 23.4 Å². The van der Waals surface area contributed by atoms with E-state index in [4.69, 9.17) is 4.74 Å². The Balaban J connectivity index is 1.75. The summed E-state index contributed by atoms with van der Waals surface area (Å²) in [6.07, 6.45) is 1.19. The van der Waals surface area contributed by atoms with Crippen LogP contribution in [0.25, 0.3) is 11.0 Å². The van der Waals surface area contributed by atoms with Crippen molar-refractivity contribution >= 4 is 34.7 Å². The second-order valence-electron chi connectivity index (χ2n) is 7.60. The summed E-state index contributed by atoms with van der Waals surface area (Å²) in [5.74, 6) is 1.32. The number of amides is 1. The van der Waals surface area contributed by atoms with Gasteiger partial charge >= 0.3 is 5.97 Å². The van der Waals surface area contributed by atoms with Gasteiger partial charge in [-0.05, 0) is 50.3 Å². The number of likely N-dealkylation sites (tertiary alicyclic amines) is 1. The molecule has 1 aliphatic rings. The standard InChI is InChI=1S/C21H29N3O3S/c1-5-24-18-8-7-16(20(26)27-6-2)10-17(18)22-21(24)28-13-19(25)23-11-14(3)9-15(4)12-23/h7-8,10,14-15H,5-6,9,11-13H2,1-4H3. The lowest BCUT2D eigenvalue weighted by Gasteiger charge is -2.35. The molecule has 28 heavy (non-hydrogen) atoms. The topological polar surface area (TPSA) is 64.4 Å². The molecule has 1 amide bonds. The predicted molar refractivity (Wildman–Crippen MR) is 112 cm³/mol. The van der Waals surface area contributed by atoms with Crippen LogP contribution in [0.1, 0.15) is 44.5 Å². The van der Waals surface area contributed by atoms with Crippen molar-refractivity contribution < 1.29 is 14.3 Å². The number of thioether (sulfide) groups is 1. The number of ether oxygens (including phenoxy) is 1. The van der Waals surface area contributed by atoms with E-state index in [1.807, 2.05) is 11.0 Å². The molecule has 0 saturated carbocycles. The van der Waals surface area contributed by atoms with Crippen LogP contribution in [-0.2, 0) is 16.1 Å². The molecule has 1 saturated heterocycles. The average Bonchev–Trinajstić information content (AvgIpc) is 3.02. The second-order valence-corrected chi connectivity index (χ2v) is 8.54. The molecule has 2 unspecified atom stereocenters. The largest absolute Gasteiger partial charge is 0.462 e. The molecule has 0 aliphatic carbocycles. The van der Waals surface area contributed by atoms with E-state index < -0.39 is 0 Å². The molecule has 0 spiro atoms. The lowest BCUT2D eigenvalue weighted by molar-refractivity contribution is -0.130. The summed E-state index contributed by atoms with van der Waals surface area (Å²) in [4.78, 5) is 31.4. The number of hydrogen-bond acceptors (Lipinski definition) is 5. The van der Waals surface area contributed by atoms with Crippen molar-refractivity contribution in [1.82, 2.24) is 14.5 Å².